The van der Waals surface area contributed by atoms with Crippen LogP contribution in [0.15, 0.2) is 24.7 Å². The second-order valence-electron chi connectivity index (χ2n) is 11.6. The number of aromatic nitrogens is 5. The summed E-state index contributed by atoms with van der Waals surface area (Å²) in [5.41, 5.74) is 9.72. The summed E-state index contributed by atoms with van der Waals surface area (Å²) in [4.78, 5) is 16.9. The molecule has 0 aliphatic heterocycles. The number of hydrogen-bond acceptors (Lipinski definition) is 6. The molecule has 3 aliphatic carbocycles. The maximum Gasteiger partial charge on any atom is 0.407 e. The number of carbonyl (C=O) groups excluding carboxylic acids is 1. The van der Waals surface area contributed by atoms with E-state index in [-0.39, 0.29) is 18.2 Å². The standard InChI is InChI=1S/C26H35N7O2/c1-26(2,3)35-25(34)30-18-8-20(9-18)33-23-10-22(28-12-17(23)13-29-33)21-14-32(19-6-15(7-19)11-27)31-24(21)16-4-5-16/h10,12-16,18-20H,4-9,11,27H2,1-3H3,(H,30,34)/t15-,18-,19+,20-. The average molecular weight is 478 g/mol. The van der Waals surface area contributed by atoms with Crippen molar-refractivity contribution in [2.45, 2.75) is 88.9 Å². The number of rotatable bonds is 6. The van der Waals surface area contributed by atoms with Crippen LogP contribution in [-0.2, 0) is 4.74 Å². The van der Waals surface area contributed by atoms with Gasteiger partial charge >= 0.3 is 6.09 Å². The summed E-state index contributed by atoms with van der Waals surface area (Å²) in [6.45, 7) is 6.38. The van der Waals surface area contributed by atoms with Gasteiger partial charge < -0.3 is 15.8 Å². The van der Waals surface area contributed by atoms with Gasteiger partial charge in [-0.3, -0.25) is 14.3 Å². The number of nitrogens with one attached hydrogen (secondary N) is 1. The topological polar surface area (TPSA) is 113 Å². The minimum absolute atomic E-state index is 0.106. The lowest BCUT2D eigenvalue weighted by atomic mass is 9.80. The Hall–Kier alpha value is -2.94. The summed E-state index contributed by atoms with van der Waals surface area (Å²) in [6, 6.07) is 2.97. The van der Waals surface area contributed by atoms with E-state index >= 15 is 0 Å². The van der Waals surface area contributed by atoms with Crippen molar-refractivity contribution in [3.8, 4) is 11.3 Å². The van der Waals surface area contributed by atoms with Crippen LogP contribution in [0.25, 0.3) is 22.2 Å². The third-order valence-corrected chi connectivity index (χ3v) is 7.58. The fraction of sp³-hybridized carbons (Fsp3) is 0.615. The lowest BCUT2D eigenvalue weighted by molar-refractivity contribution is 0.0454. The van der Waals surface area contributed by atoms with Crippen LogP contribution in [0.1, 0.15) is 83.0 Å². The van der Waals surface area contributed by atoms with Crippen molar-refractivity contribution in [1.29, 1.82) is 0 Å². The molecule has 0 unspecified atom stereocenters. The summed E-state index contributed by atoms with van der Waals surface area (Å²) in [5.74, 6) is 1.17. The Morgan fingerprint density at radius 1 is 1.17 bits per heavy atom. The van der Waals surface area contributed by atoms with E-state index in [4.69, 9.17) is 20.6 Å². The molecule has 0 spiro atoms. The van der Waals surface area contributed by atoms with Gasteiger partial charge in [-0.15, -0.1) is 0 Å². The number of alkyl carbamates (subject to hydrolysis) is 1. The van der Waals surface area contributed by atoms with E-state index in [1.54, 1.807) is 0 Å². The van der Waals surface area contributed by atoms with Crippen LogP contribution in [0.3, 0.4) is 0 Å². The zero-order valence-corrected chi connectivity index (χ0v) is 20.8. The van der Waals surface area contributed by atoms with Gasteiger partial charge in [-0.05, 0) is 77.8 Å². The largest absolute Gasteiger partial charge is 0.444 e. The molecule has 3 saturated carbocycles. The highest BCUT2D eigenvalue weighted by molar-refractivity contribution is 5.82. The Balaban J connectivity index is 1.20. The van der Waals surface area contributed by atoms with Crippen molar-refractivity contribution in [2.24, 2.45) is 11.7 Å². The predicted molar refractivity (Wildman–Crippen MR) is 133 cm³/mol. The Morgan fingerprint density at radius 3 is 2.63 bits per heavy atom. The Labute approximate surface area is 205 Å². The number of ether oxygens (including phenoxy) is 1. The van der Waals surface area contributed by atoms with Gasteiger partial charge in [-0.25, -0.2) is 4.79 Å². The highest BCUT2D eigenvalue weighted by Crippen LogP contribution is 2.45. The molecular formula is C26H35N7O2. The summed E-state index contributed by atoms with van der Waals surface area (Å²) in [6.07, 6.45) is 11.9. The SMILES string of the molecule is CC(C)(C)OC(=O)N[C@H]1C[C@H](n2ncc3cnc(-c4cn([C@H]5C[C@@H](CN)C5)nc4C4CC4)cc32)C1. The molecule has 0 bridgehead atoms. The van der Waals surface area contributed by atoms with E-state index in [1.807, 2.05) is 33.2 Å². The number of pyridine rings is 1. The smallest absolute Gasteiger partial charge is 0.407 e. The number of amides is 1. The summed E-state index contributed by atoms with van der Waals surface area (Å²) in [7, 11) is 0. The summed E-state index contributed by atoms with van der Waals surface area (Å²) in [5, 5.41) is 13.7. The van der Waals surface area contributed by atoms with Gasteiger partial charge in [0.2, 0.25) is 0 Å². The maximum atomic E-state index is 12.1. The van der Waals surface area contributed by atoms with Crippen molar-refractivity contribution in [1.82, 2.24) is 29.9 Å². The molecule has 9 nitrogen and oxygen atoms in total. The first-order chi connectivity index (χ1) is 16.8. The molecule has 0 aromatic carbocycles. The summed E-state index contributed by atoms with van der Waals surface area (Å²) >= 11 is 0. The first kappa shape index (κ1) is 22.5. The van der Waals surface area contributed by atoms with E-state index < -0.39 is 5.60 Å². The lowest BCUT2D eigenvalue weighted by Crippen LogP contribution is -2.46. The lowest BCUT2D eigenvalue weighted by Gasteiger charge is -2.36. The third-order valence-electron chi connectivity index (χ3n) is 7.58. The van der Waals surface area contributed by atoms with Gasteiger partial charge in [0.25, 0.3) is 0 Å². The summed E-state index contributed by atoms with van der Waals surface area (Å²) < 4.78 is 9.64. The van der Waals surface area contributed by atoms with Crippen LogP contribution in [0, 0.1) is 5.92 Å². The van der Waals surface area contributed by atoms with Gasteiger partial charge in [0.15, 0.2) is 0 Å². The second kappa shape index (κ2) is 8.33. The van der Waals surface area contributed by atoms with Gasteiger partial charge in [0.05, 0.1) is 35.2 Å². The normalized spacial score (nSPS) is 26.3. The van der Waals surface area contributed by atoms with Gasteiger partial charge in [-0.1, -0.05) is 0 Å². The number of nitrogens with two attached hydrogens (primary N) is 1. The Kier molecular flexibility index (Phi) is 5.36. The highest BCUT2D eigenvalue weighted by Gasteiger charge is 2.36. The second-order valence-corrected chi connectivity index (χ2v) is 11.6. The molecule has 0 atom stereocenters. The molecular weight excluding hydrogens is 442 g/mol. The van der Waals surface area contributed by atoms with Crippen LogP contribution >= 0.6 is 0 Å². The number of nitrogens with zero attached hydrogens (tertiary/aromatic N) is 5. The zero-order valence-electron chi connectivity index (χ0n) is 20.8. The Bertz CT molecular complexity index is 1240. The molecule has 3 fully saturated rings. The van der Waals surface area contributed by atoms with Crippen LogP contribution in [0.5, 0.6) is 0 Å². The van der Waals surface area contributed by atoms with Gasteiger partial charge in [0, 0.05) is 35.3 Å². The van der Waals surface area contributed by atoms with Crippen LogP contribution in [0.4, 0.5) is 4.79 Å². The molecule has 0 saturated heterocycles. The van der Waals surface area contributed by atoms with Crippen molar-refractivity contribution in [3.05, 3.63) is 30.4 Å². The van der Waals surface area contributed by atoms with E-state index in [1.165, 1.54) is 18.5 Å². The number of carbonyl (C=O) groups is 1. The fourth-order valence-corrected chi connectivity index (χ4v) is 5.31. The monoisotopic (exact) mass is 477 g/mol. The zero-order chi connectivity index (χ0) is 24.3. The molecule has 35 heavy (non-hydrogen) atoms. The van der Waals surface area contributed by atoms with E-state index in [0.29, 0.717) is 17.9 Å². The van der Waals surface area contributed by atoms with Crippen molar-refractivity contribution < 1.29 is 9.53 Å². The van der Waals surface area contributed by atoms with Crippen LogP contribution in [0.2, 0.25) is 0 Å². The van der Waals surface area contributed by atoms with E-state index in [0.717, 1.165) is 54.4 Å². The maximum absolute atomic E-state index is 12.1. The average Bonchev–Trinajstić information content (AvgIpc) is 3.36. The molecule has 3 aliphatic rings. The fourth-order valence-electron chi connectivity index (χ4n) is 5.31. The molecule has 1 amide bonds. The predicted octanol–water partition coefficient (Wildman–Crippen LogP) is 4.31. The molecule has 3 aromatic rings. The van der Waals surface area contributed by atoms with Gasteiger partial charge in [0.1, 0.15) is 5.60 Å². The van der Waals surface area contributed by atoms with Crippen molar-refractivity contribution >= 4 is 17.0 Å². The highest BCUT2D eigenvalue weighted by atomic mass is 16.6. The van der Waals surface area contributed by atoms with E-state index in [9.17, 15) is 4.79 Å². The van der Waals surface area contributed by atoms with Crippen LogP contribution < -0.4 is 11.1 Å². The minimum atomic E-state index is -0.493. The first-order valence-corrected chi connectivity index (χ1v) is 12.9. The van der Waals surface area contributed by atoms with Gasteiger partial charge in [-0.2, -0.15) is 10.2 Å². The quantitative estimate of drug-likeness (QED) is 0.547. The molecule has 3 aromatic heterocycles. The first-order valence-electron chi connectivity index (χ1n) is 12.9. The van der Waals surface area contributed by atoms with Crippen molar-refractivity contribution in [2.75, 3.05) is 6.54 Å². The molecule has 0 radical (unpaired) electrons. The molecule has 6 rings (SSSR count). The molecule has 9 heteroatoms. The van der Waals surface area contributed by atoms with E-state index in [2.05, 4.69) is 32.0 Å². The minimum Gasteiger partial charge on any atom is -0.444 e. The Morgan fingerprint density at radius 2 is 1.94 bits per heavy atom. The third kappa shape index (κ3) is 4.42. The number of hydrogen-bond donors (Lipinski definition) is 2. The molecule has 3 N–H and O–H groups in total. The van der Waals surface area contributed by atoms with Crippen LogP contribution in [-0.4, -0.2) is 48.8 Å². The molecule has 186 valence electrons. The number of fused-ring (bicyclic) bond motifs is 1. The van der Waals surface area contributed by atoms with Crippen molar-refractivity contribution in [3.63, 3.8) is 0 Å². The molecule has 3 heterocycles.